The van der Waals surface area contributed by atoms with Crippen molar-refractivity contribution in [2.24, 2.45) is 0 Å². The zero-order valence-corrected chi connectivity index (χ0v) is 12.4. The first-order chi connectivity index (χ1) is 10.1. The number of fused-ring (bicyclic) bond motifs is 1. The monoisotopic (exact) mass is 323 g/mol. The van der Waals surface area contributed by atoms with Gasteiger partial charge in [-0.3, -0.25) is 0 Å². The molecule has 1 saturated heterocycles. The van der Waals surface area contributed by atoms with Crippen LogP contribution in [0.25, 0.3) is 17.0 Å². The van der Waals surface area contributed by atoms with E-state index >= 15 is 0 Å². The first-order valence-electron chi connectivity index (χ1n) is 6.29. The highest BCUT2D eigenvalue weighted by molar-refractivity contribution is 6.42. The molecule has 0 amide bonds. The molecule has 1 aromatic heterocycles. The number of esters is 1. The number of hydrogen-bond donors (Lipinski definition) is 1. The fraction of sp³-hybridized carbons (Fsp3) is 0.133. The predicted molar refractivity (Wildman–Crippen MR) is 82.3 cm³/mol. The van der Waals surface area contributed by atoms with Gasteiger partial charge in [0.05, 0.1) is 10.0 Å². The van der Waals surface area contributed by atoms with Gasteiger partial charge < -0.3 is 14.5 Å². The molecule has 0 saturated carbocycles. The number of carbonyl (C=O) groups is 1. The smallest absolute Gasteiger partial charge is 0.373 e. The molecule has 1 fully saturated rings. The van der Waals surface area contributed by atoms with Crippen LogP contribution in [0.5, 0.6) is 0 Å². The summed E-state index contributed by atoms with van der Waals surface area (Å²) in [6, 6.07) is 5.51. The number of aromatic nitrogens is 1. The highest BCUT2D eigenvalue weighted by Gasteiger charge is 2.16. The lowest BCUT2D eigenvalue weighted by Gasteiger charge is -2.14. The Labute approximate surface area is 130 Å². The van der Waals surface area contributed by atoms with Gasteiger partial charge in [0.1, 0.15) is 13.2 Å². The number of aromatic amines is 1. The maximum absolute atomic E-state index is 11.4. The predicted octanol–water partition coefficient (Wildman–Crippen LogP) is 3.95. The third-order valence-electron chi connectivity index (χ3n) is 2.98. The standard InChI is InChI=1S/C15H11Cl2NO3/c16-11-7-9-6-10(18-13(9)8-12(11)17)2-1-3-14-15(19)21-5-4-20-14/h1-3,6-8,18H,4-5H2/b2-1+,14-3-. The molecule has 4 nitrogen and oxygen atoms in total. The maximum atomic E-state index is 11.4. The molecule has 0 aliphatic carbocycles. The first-order valence-corrected chi connectivity index (χ1v) is 7.05. The number of hydrogen-bond acceptors (Lipinski definition) is 3. The number of halogens is 2. The molecule has 21 heavy (non-hydrogen) atoms. The molecule has 6 heteroatoms. The van der Waals surface area contributed by atoms with E-state index in [2.05, 4.69) is 4.98 Å². The highest BCUT2D eigenvalue weighted by atomic mass is 35.5. The van der Waals surface area contributed by atoms with Gasteiger partial charge in [-0.1, -0.05) is 29.3 Å². The molecule has 0 radical (unpaired) electrons. The lowest BCUT2D eigenvalue weighted by molar-refractivity contribution is -0.150. The summed E-state index contributed by atoms with van der Waals surface area (Å²) in [7, 11) is 0. The van der Waals surface area contributed by atoms with E-state index in [9.17, 15) is 4.79 Å². The molecule has 0 bridgehead atoms. The van der Waals surface area contributed by atoms with Gasteiger partial charge in [-0.25, -0.2) is 4.79 Å². The number of rotatable bonds is 2. The van der Waals surface area contributed by atoms with E-state index in [1.54, 1.807) is 24.3 Å². The zero-order chi connectivity index (χ0) is 14.8. The summed E-state index contributed by atoms with van der Waals surface area (Å²) in [5.74, 6) is -0.235. The summed E-state index contributed by atoms with van der Waals surface area (Å²) < 4.78 is 10.1. The Balaban J connectivity index is 1.83. The normalized spacial score (nSPS) is 17.4. The maximum Gasteiger partial charge on any atom is 0.373 e. The van der Waals surface area contributed by atoms with Crippen molar-refractivity contribution in [2.45, 2.75) is 0 Å². The van der Waals surface area contributed by atoms with Gasteiger partial charge in [0.2, 0.25) is 5.76 Å². The lowest BCUT2D eigenvalue weighted by atomic mass is 10.2. The minimum Gasteiger partial charge on any atom is -0.483 e. The molecule has 2 aromatic rings. The van der Waals surface area contributed by atoms with Crippen LogP contribution in [0, 0.1) is 0 Å². The molecule has 1 aliphatic rings. The minimum atomic E-state index is -0.443. The van der Waals surface area contributed by atoms with E-state index in [-0.39, 0.29) is 5.76 Å². The van der Waals surface area contributed by atoms with E-state index in [0.29, 0.717) is 23.3 Å². The first kappa shape index (κ1) is 14.0. The van der Waals surface area contributed by atoms with E-state index in [0.717, 1.165) is 16.6 Å². The second-order valence-electron chi connectivity index (χ2n) is 4.45. The van der Waals surface area contributed by atoms with Crippen molar-refractivity contribution in [2.75, 3.05) is 13.2 Å². The van der Waals surface area contributed by atoms with Crippen molar-refractivity contribution in [3.8, 4) is 0 Å². The van der Waals surface area contributed by atoms with Crippen molar-refractivity contribution < 1.29 is 14.3 Å². The van der Waals surface area contributed by atoms with Crippen LogP contribution in [0.1, 0.15) is 5.69 Å². The van der Waals surface area contributed by atoms with Gasteiger partial charge in [0, 0.05) is 16.6 Å². The summed E-state index contributed by atoms with van der Waals surface area (Å²) in [5, 5.41) is 1.98. The van der Waals surface area contributed by atoms with E-state index < -0.39 is 5.97 Å². The Morgan fingerprint density at radius 3 is 2.67 bits per heavy atom. The van der Waals surface area contributed by atoms with Crippen LogP contribution in [-0.4, -0.2) is 24.2 Å². The number of ether oxygens (including phenoxy) is 2. The van der Waals surface area contributed by atoms with Crippen LogP contribution >= 0.6 is 23.2 Å². The SMILES string of the molecule is O=C1OCCO/C1=C\C=C\c1cc2cc(Cl)c(Cl)cc2[nH]1. The largest absolute Gasteiger partial charge is 0.483 e. The quantitative estimate of drug-likeness (QED) is 0.672. The Hall–Kier alpha value is -1.91. The number of benzene rings is 1. The fourth-order valence-electron chi connectivity index (χ4n) is 2.01. The number of allylic oxidation sites excluding steroid dienone is 2. The molecule has 3 rings (SSSR count). The average Bonchev–Trinajstić information content (AvgIpc) is 2.83. The zero-order valence-electron chi connectivity index (χ0n) is 10.9. The molecule has 1 aliphatic heterocycles. The second-order valence-corrected chi connectivity index (χ2v) is 5.27. The molecule has 2 heterocycles. The fourth-order valence-corrected chi connectivity index (χ4v) is 2.35. The van der Waals surface area contributed by atoms with E-state index in [4.69, 9.17) is 32.7 Å². The third kappa shape index (κ3) is 3.06. The van der Waals surface area contributed by atoms with Crippen molar-refractivity contribution in [3.05, 3.63) is 51.8 Å². The van der Waals surface area contributed by atoms with Gasteiger partial charge in [-0.05, 0) is 30.4 Å². The Kier molecular flexibility index (Phi) is 3.90. The van der Waals surface area contributed by atoms with Crippen molar-refractivity contribution >= 4 is 46.2 Å². The number of nitrogens with one attached hydrogen (secondary N) is 1. The topological polar surface area (TPSA) is 51.3 Å². The molecule has 0 unspecified atom stereocenters. The molecule has 0 spiro atoms. The minimum absolute atomic E-state index is 0.208. The highest BCUT2D eigenvalue weighted by Crippen LogP contribution is 2.28. The Morgan fingerprint density at radius 1 is 1.10 bits per heavy atom. The molecule has 1 aromatic carbocycles. The van der Waals surface area contributed by atoms with Gasteiger partial charge >= 0.3 is 5.97 Å². The summed E-state index contributed by atoms with van der Waals surface area (Å²) >= 11 is 11.9. The van der Waals surface area contributed by atoms with Crippen molar-refractivity contribution in [3.63, 3.8) is 0 Å². The summed E-state index contributed by atoms with van der Waals surface area (Å²) in [5.41, 5.74) is 1.76. The molecular weight excluding hydrogens is 313 g/mol. The molecule has 0 atom stereocenters. The van der Waals surface area contributed by atoms with Crippen LogP contribution in [0.2, 0.25) is 10.0 Å². The summed E-state index contributed by atoms with van der Waals surface area (Å²) in [6.07, 6.45) is 5.11. The van der Waals surface area contributed by atoms with Gasteiger partial charge in [0.25, 0.3) is 0 Å². The van der Waals surface area contributed by atoms with E-state index in [1.807, 2.05) is 12.1 Å². The van der Waals surface area contributed by atoms with Gasteiger partial charge in [-0.15, -0.1) is 0 Å². The van der Waals surface area contributed by atoms with Crippen LogP contribution < -0.4 is 0 Å². The summed E-state index contributed by atoms with van der Waals surface area (Å²) in [6.45, 7) is 0.679. The van der Waals surface area contributed by atoms with E-state index in [1.165, 1.54) is 0 Å². The van der Waals surface area contributed by atoms with Crippen molar-refractivity contribution in [1.29, 1.82) is 0 Å². The number of cyclic esters (lactones) is 1. The van der Waals surface area contributed by atoms with Crippen LogP contribution in [0.15, 0.2) is 36.1 Å². The van der Waals surface area contributed by atoms with Gasteiger partial charge in [-0.2, -0.15) is 0 Å². The number of carbonyl (C=O) groups excluding carboxylic acids is 1. The average molecular weight is 324 g/mol. The molecular formula is C15H11Cl2NO3. The molecule has 108 valence electrons. The lowest BCUT2D eigenvalue weighted by Crippen LogP contribution is -2.21. The Bertz CT molecular complexity index is 723. The van der Waals surface area contributed by atoms with Crippen LogP contribution in [-0.2, 0) is 14.3 Å². The van der Waals surface area contributed by atoms with Crippen molar-refractivity contribution in [1.82, 2.24) is 4.98 Å². The summed E-state index contributed by atoms with van der Waals surface area (Å²) in [4.78, 5) is 14.6. The van der Waals surface area contributed by atoms with Crippen LogP contribution in [0.3, 0.4) is 0 Å². The van der Waals surface area contributed by atoms with Gasteiger partial charge in [0.15, 0.2) is 0 Å². The second kappa shape index (κ2) is 5.84. The third-order valence-corrected chi connectivity index (χ3v) is 3.70. The number of H-pyrrole nitrogens is 1. The van der Waals surface area contributed by atoms with Crippen LogP contribution in [0.4, 0.5) is 0 Å². The Morgan fingerprint density at radius 2 is 1.86 bits per heavy atom. The molecule has 1 N–H and O–H groups in total.